The van der Waals surface area contributed by atoms with Gasteiger partial charge in [-0.2, -0.15) is 0 Å². The molecule has 0 N–H and O–H groups in total. The second kappa shape index (κ2) is 2.62. The SMILES string of the molecule is CC(C)(C)S(=O)CC1CO1. The smallest absolute Gasteiger partial charge is 0.0925 e. The number of rotatable bonds is 2. The largest absolute Gasteiger partial charge is 0.372 e. The van der Waals surface area contributed by atoms with Crippen LogP contribution in [0.3, 0.4) is 0 Å². The third-order valence-electron chi connectivity index (χ3n) is 1.42. The van der Waals surface area contributed by atoms with Crippen LogP contribution in [0.15, 0.2) is 0 Å². The van der Waals surface area contributed by atoms with Crippen LogP contribution in [0.2, 0.25) is 0 Å². The minimum atomic E-state index is -0.730. The molecule has 3 heteroatoms. The summed E-state index contributed by atoms with van der Waals surface area (Å²) in [5.74, 6) is 0.712. The topological polar surface area (TPSA) is 29.6 Å². The Morgan fingerprint density at radius 2 is 2.10 bits per heavy atom. The fraction of sp³-hybridized carbons (Fsp3) is 1.00. The summed E-state index contributed by atoms with van der Waals surface area (Å²) < 4.78 is 16.2. The summed E-state index contributed by atoms with van der Waals surface area (Å²) in [6.07, 6.45) is 0.292. The van der Waals surface area contributed by atoms with Gasteiger partial charge in [-0.05, 0) is 20.8 Å². The molecule has 1 fully saturated rings. The van der Waals surface area contributed by atoms with Gasteiger partial charge < -0.3 is 4.74 Å². The predicted octanol–water partition coefficient (Wildman–Crippen LogP) is 0.932. The zero-order valence-corrected chi connectivity index (χ0v) is 7.53. The highest BCUT2D eigenvalue weighted by Gasteiger charge is 2.29. The zero-order valence-electron chi connectivity index (χ0n) is 6.72. The number of hydrogen-bond acceptors (Lipinski definition) is 2. The minimum absolute atomic E-state index is 0.0774. The Bertz CT molecular complexity index is 144. The molecule has 0 radical (unpaired) electrons. The molecule has 0 spiro atoms. The van der Waals surface area contributed by atoms with Crippen LogP contribution in [0.1, 0.15) is 20.8 Å². The first-order valence-corrected chi connectivity index (χ1v) is 4.82. The molecule has 2 nitrogen and oxygen atoms in total. The van der Waals surface area contributed by atoms with Crippen molar-refractivity contribution in [2.75, 3.05) is 12.4 Å². The van der Waals surface area contributed by atoms with Gasteiger partial charge in [0.2, 0.25) is 0 Å². The quantitative estimate of drug-likeness (QED) is 0.565. The van der Waals surface area contributed by atoms with Crippen molar-refractivity contribution in [3.63, 3.8) is 0 Å². The van der Waals surface area contributed by atoms with Gasteiger partial charge in [0, 0.05) is 15.5 Å². The van der Waals surface area contributed by atoms with Crippen molar-refractivity contribution >= 4 is 10.8 Å². The van der Waals surface area contributed by atoms with Gasteiger partial charge in [0.1, 0.15) is 0 Å². The molecule has 0 aliphatic carbocycles. The maximum atomic E-state index is 11.3. The Morgan fingerprint density at radius 3 is 2.40 bits per heavy atom. The van der Waals surface area contributed by atoms with Crippen LogP contribution in [-0.2, 0) is 15.5 Å². The van der Waals surface area contributed by atoms with E-state index in [1.54, 1.807) is 0 Å². The molecule has 10 heavy (non-hydrogen) atoms. The molecule has 2 unspecified atom stereocenters. The van der Waals surface area contributed by atoms with Gasteiger partial charge in [-0.25, -0.2) is 0 Å². The van der Waals surface area contributed by atoms with E-state index in [1.807, 2.05) is 20.8 Å². The van der Waals surface area contributed by atoms with E-state index in [4.69, 9.17) is 4.74 Å². The molecule has 2 atom stereocenters. The number of hydrogen-bond donors (Lipinski definition) is 0. The normalized spacial score (nSPS) is 28.1. The molecule has 0 aromatic heterocycles. The van der Waals surface area contributed by atoms with Crippen LogP contribution in [0, 0.1) is 0 Å². The number of ether oxygens (including phenoxy) is 1. The van der Waals surface area contributed by atoms with Gasteiger partial charge in [0.05, 0.1) is 18.5 Å². The van der Waals surface area contributed by atoms with E-state index in [1.165, 1.54) is 0 Å². The van der Waals surface area contributed by atoms with Crippen LogP contribution in [-0.4, -0.2) is 27.4 Å². The Balaban J connectivity index is 2.32. The molecular formula is C7H14O2S. The fourth-order valence-electron chi connectivity index (χ4n) is 0.583. The molecular weight excluding hydrogens is 148 g/mol. The third-order valence-corrected chi connectivity index (χ3v) is 3.46. The molecule has 60 valence electrons. The lowest BCUT2D eigenvalue weighted by molar-refractivity contribution is 0.424. The first-order chi connectivity index (χ1) is 4.50. The summed E-state index contributed by atoms with van der Waals surface area (Å²) in [5, 5.41) is 0. The summed E-state index contributed by atoms with van der Waals surface area (Å²) >= 11 is 0. The van der Waals surface area contributed by atoms with E-state index >= 15 is 0 Å². The maximum absolute atomic E-state index is 11.3. The van der Waals surface area contributed by atoms with Crippen LogP contribution >= 0.6 is 0 Å². The van der Waals surface area contributed by atoms with Crippen LogP contribution in [0.4, 0.5) is 0 Å². The number of epoxide rings is 1. The van der Waals surface area contributed by atoms with Gasteiger partial charge in [-0.3, -0.25) is 4.21 Å². The Labute approximate surface area is 64.4 Å². The molecule has 0 amide bonds. The molecule has 0 bridgehead atoms. The molecule has 1 aliphatic rings. The monoisotopic (exact) mass is 162 g/mol. The van der Waals surface area contributed by atoms with E-state index < -0.39 is 10.8 Å². The van der Waals surface area contributed by atoms with E-state index in [-0.39, 0.29) is 4.75 Å². The second-order valence-corrected chi connectivity index (χ2v) is 5.83. The van der Waals surface area contributed by atoms with Gasteiger partial charge in [0.15, 0.2) is 0 Å². The Morgan fingerprint density at radius 1 is 1.60 bits per heavy atom. The van der Waals surface area contributed by atoms with E-state index in [9.17, 15) is 4.21 Å². The summed E-state index contributed by atoms with van der Waals surface area (Å²) in [5.41, 5.74) is 0. The predicted molar refractivity (Wildman–Crippen MR) is 42.5 cm³/mol. The van der Waals surface area contributed by atoms with Gasteiger partial charge >= 0.3 is 0 Å². The summed E-state index contributed by atoms with van der Waals surface area (Å²) in [7, 11) is -0.730. The lowest BCUT2D eigenvalue weighted by Crippen LogP contribution is -2.25. The molecule has 0 aromatic carbocycles. The molecule has 1 heterocycles. The lowest BCUT2D eigenvalue weighted by atomic mass is 10.3. The first-order valence-electron chi connectivity index (χ1n) is 3.50. The third kappa shape index (κ3) is 2.39. The molecule has 1 saturated heterocycles. The maximum Gasteiger partial charge on any atom is 0.0925 e. The van der Waals surface area contributed by atoms with Crippen LogP contribution in [0.5, 0.6) is 0 Å². The Hall–Kier alpha value is 0.110. The molecule has 1 aliphatic heterocycles. The second-order valence-electron chi connectivity index (χ2n) is 3.58. The zero-order chi connectivity index (χ0) is 7.78. The minimum Gasteiger partial charge on any atom is -0.372 e. The van der Waals surface area contributed by atoms with Crippen molar-refractivity contribution in [1.82, 2.24) is 0 Å². The highest BCUT2D eigenvalue weighted by atomic mass is 32.2. The highest BCUT2D eigenvalue weighted by Crippen LogP contribution is 2.17. The summed E-state index contributed by atoms with van der Waals surface area (Å²) in [4.78, 5) is 0. The molecule has 1 rings (SSSR count). The average Bonchev–Trinajstić information content (AvgIpc) is 2.47. The first kappa shape index (κ1) is 8.21. The standard InChI is InChI=1S/C7H14O2S/c1-7(2,3)10(8)5-6-4-9-6/h6H,4-5H2,1-3H3. The van der Waals surface area contributed by atoms with E-state index in [0.717, 1.165) is 6.61 Å². The van der Waals surface area contributed by atoms with Gasteiger partial charge in [0.25, 0.3) is 0 Å². The summed E-state index contributed by atoms with van der Waals surface area (Å²) in [6, 6.07) is 0. The van der Waals surface area contributed by atoms with Crippen molar-refractivity contribution in [3.05, 3.63) is 0 Å². The van der Waals surface area contributed by atoms with E-state index in [0.29, 0.717) is 11.9 Å². The molecule has 0 saturated carbocycles. The Kier molecular flexibility index (Phi) is 2.15. The van der Waals surface area contributed by atoms with Crippen molar-refractivity contribution in [3.8, 4) is 0 Å². The molecule has 0 aromatic rings. The van der Waals surface area contributed by atoms with Crippen molar-refractivity contribution in [2.24, 2.45) is 0 Å². The van der Waals surface area contributed by atoms with Crippen molar-refractivity contribution in [2.45, 2.75) is 31.6 Å². The van der Waals surface area contributed by atoms with Gasteiger partial charge in [-0.15, -0.1) is 0 Å². The lowest BCUT2D eigenvalue weighted by Gasteiger charge is -2.16. The van der Waals surface area contributed by atoms with Gasteiger partial charge in [-0.1, -0.05) is 0 Å². The van der Waals surface area contributed by atoms with Crippen LogP contribution in [0.25, 0.3) is 0 Å². The van der Waals surface area contributed by atoms with Crippen molar-refractivity contribution in [1.29, 1.82) is 0 Å². The van der Waals surface area contributed by atoms with Crippen LogP contribution < -0.4 is 0 Å². The van der Waals surface area contributed by atoms with E-state index in [2.05, 4.69) is 0 Å². The summed E-state index contributed by atoms with van der Waals surface area (Å²) in [6.45, 7) is 6.78. The highest BCUT2D eigenvalue weighted by molar-refractivity contribution is 7.86. The fourth-order valence-corrected chi connectivity index (χ4v) is 1.61. The average molecular weight is 162 g/mol. The van der Waals surface area contributed by atoms with Crippen molar-refractivity contribution < 1.29 is 8.95 Å².